The molecule has 1 saturated heterocycles. The van der Waals surface area contributed by atoms with Crippen LogP contribution in [-0.2, 0) is 13.0 Å². The molecule has 0 atom stereocenters. The first-order valence-electron chi connectivity index (χ1n) is 9.18. The molecule has 5 heteroatoms. The molecule has 4 rings (SSSR count). The van der Waals surface area contributed by atoms with Crippen LogP contribution in [0.5, 0.6) is 0 Å². The highest BCUT2D eigenvalue weighted by molar-refractivity contribution is 9.10. The third-order valence-electron chi connectivity index (χ3n) is 5.04. The molecule has 4 nitrogen and oxygen atoms in total. The molecule has 0 amide bonds. The van der Waals surface area contributed by atoms with E-state index >= 15 is 0 Å². The molecular weight excluding hydrogens is 388 g/mol. The van der Waals surface area contributed by atoms with Gasteiger partial charge in [-0.3, -0.25) is 4.90 Å². The SMILES string of the molecule is Brc1ccc(CN2CCC(n3cc(Cc4ccccc4)nn3)CC2)cc1. The molecule has 26 heavy (non-hydrogen) atoms. The minimum Gasteiger partial charge on any atom is -0.299 e. The topological polar surface area (TPSA) is 34.0 Å². The number of aromatic nitrogens is 3. The molecule has 3 aromatic rings. The summed E-state index contributed by atoms with van der Waals surface area (Å²) in [6.07, 6.45) is 5.24. The van der Waals surface area contributed by atoms with Crippen LogP contribution in [0.2, 0.25) is 0 Å². The zero-order valence-electron chi connectivity index (χ0n) is 14.8. The summed E-state index contributed by atoms with van der Waals surface area (Å²) in [6.45, 7) is 3.24. The van der Waals surface area contributed by atoms with Gasteiger partial charge < -0.3 is 0 Å². The van der Waals surface area contributed by atoms with E-state index in [4.69, 9.17) is 0 Å². The van der Waals surface area contributed by atoms with Crippen molar-refractivity contribution in [1.82, 2.24) is 19.9 Å². The number of hydrogen-bond acceptors (Lipinski definition) is 3. The van der Waals surface area contributed by atoms with Crippen molar-refractivity contribution in [2.75, 3.05) is 13.1 Å². The molecule has 0 aliphatic carbocycles. The predicted octanol–water partition coefficient (Wildman–Crippen LogP) is 4.47. The third-order valence-corrected chi connectivity index (χ3v) is 5.57. The second kappa shape index (κ2) is 8.14. The average molecular weight is 411 g/mol. The molecule has 0 N–H and O–H groups in total. The van der Waals surface area contributed by atoms with Crippen molar-refractivity contribution in [2.45, 2.75) is 31.8 Å². The van der Waals surface area contributed by atoms with E-state index in [2.05, 4.69) is 90.6 Å². The minimum atomic E-state index is 0.466. The number of nitrogens with zero attached hydrogens (tertiary/aromatic N) is 4. The fraction of sp³-hybridized carbons (Fsp3) is 0.333. The van der Waals surface area contributed by atoms with Gasteiger partial charge in [-0.15, -0.1) is 5.10 Å². The molecule has 2 aromatic carbocycles. The van der Waals surface area contributed by atoms with Crippen LogP contribution in [0, 0.1) is 0 Å². The fourth-order valence-corrected chi connectivity index (χ4v) is 3.83. The van der Waals surface area contributed by atoms with Crippen LogP contribution in [0.25, 0.3) is 0 Å². The molecule has 0 saturated carbocycles. The molecule has 1 aliphatic rings. The van der Waals surface area contributed by atoms with Gasteiger partial charge in [0.2, 0.25) is 0 Å². The van der Waals surface area contributed by atoms with Crippen molar-refractivity contribution in [3.8, 4) is 0 Å². The summed E-state index contributed by atoms with van der Waals surface area (Å²) in [4.78, 5) is 2.53. The Labute approximate surface area is 163 Å². The van der Waals surface area contributed by atoms with Crippen LogP contribution in [-0.4, -0.2) is 33.0 Å². The van der Waals surface area contributed by atoms with Crippen LogP contribution in [0.4, 0.5) is 0 Å². The number of piperidine rings is 1. The van der Waals surface area contributed by atoms with Crippen molar-refractivity contribution in [2.24, 2.45) is 0 Å². The number of rotatable bonds is 5. The highest BCUT2D eigenvalue weighted by Crippen LogP contribution is 2.23. The Hall–Kier alpha value is -1.98. The maximum absolute atomic E-state index is 4.40. The van der Waals surface area contributed by atoms with Crippen LogP contribution < -0.4 is 0 Å². The number of likely N-dealkylation sites (tertiary alicyclic amines) is 1. The van der Waals surface area contributed by atoms with Crippen LogP contribution in [0.15, 0.2) is 65.3 Å². The normalized spacial score (nSPS) is 16.0. The third kappa shape index (κ3) is 4.40. The molecule has 1 aromatic heterocycles. The van der Waals surface area contributed by atoms with Crippen LogP contribution >= 0.6 is 15.9 Å². The Morgan fingerprint density at radius 1 is 0.923 bits per heavy atom. The Bertz CT molecular complexity index is 821. The Balaban J connectivity index is 1.31. The van der Waals surface area contributed by atoms with Gasteiger partial charge in [-0.2, -0.15) is 0 Å². The van der Waals surface area contributed by atoms with E-state index in [1.165, 1.54) is 11.1 Å². The van der Waals surface area contributed by atoms with Crippen LogP contribution in [0.3, 0.4) is 0 Å². The Morgan fingerprint density at radius 3 is 2.38 bits per heavy atom. The number of halogens is 1. The summed E-state index contributed by atoms with van der Waals surface area (Å²) in [6, 6.07) is 19.6. The first kappa shape index (κ1) is 17.4. The lowest BCUT2D eigenvalue weighted by Crippen LogP contribution is -2.34. The van der Waals surface area contributed by atoms with Crippen molar-refractivity contribution in [3.63, 3.8) is 0 Å². The van der Waals surface area contributed by atoms with Gasteiger partial charge in [-0.1, -0.05) is 63.6 Å². The average Bonchev–Trinajstić information content (AvgIpc) is 3.13. The lowest BCUT2D eigenvalue weighted by Gasteiger charge is -2.31. The molecular formula is C21H23BrN4. The van der Waals surface area contributed by atoms with Gasteiger partial charge >= 0.3 is 0 Å². The maximum Gasteiger partial charge on any atom is 0.0870 e. The zero-order valence-corrected chi connectivity index (χ0v) is 16.3. The van der Waals surface area contributed by atoms with Crippen molar-refractivity contribution < 1.29 is 0 Å². The van der Waals surface area contributed by atoms with Gasteiger partial charge in [0.05, 0.1) is 11.7 Å². The Kier molecular flexibility index (Phi) is 5.46. The van der Waals surface area contributed by atoms with Crippen LogP contribution in [0.1, 0.15) is 35.7 Å². The quantitative estimate of drug-likeness (QED) is 0.621. The molecule has 0 bridgehead atoms. The lowest BCUT2D eigenvalue weighted by molar-refractivity contribution is 0.172. The summed E-state index contributed by atoms with van der Waals surface area (Å²) in [5.41, 5.74) is 3.70. The van der Waals surface area contributed by atoms with Gasteiger partial charge in [0.25, 0.3) is 0 Å². The summed E-state index contributed by atoms with van der Waals surface area (Å²) in [5, 5.41) is 8.77. The molecule has 1 aliphatic heterocycles. The van der Waals surface area contributed by atoms with Crippen molar-refractivity contribution in [3.05, 3.63) is 82.1 Å². The molecule has 134 valence electrons. The number of benzene rings is 2. The summed E-state index contributed by atoms with van der Waals surface area (Å²) in [7, 11) is 0. The van der Waals surface area contributed by atoms with Gasteiger partial charge in [-0.05, 0) is 36.1 Å². The second-order valence-electron chi connectivity index (χ2n) is 6.99. The highest BCUT2D eigenvalue weighted by atomic mass is 79.9. The Morgan fingerprint density at radius 2 is 1.65 bits per heavy atom. The predicted molar refractivity (Wildman–Crippen MR) is 107 cm³/mol. The van der Waals surface area contributed by atoms with E-state index in [0.29, 0.717) is 6.04 Å². The summed E-state index contributed by atoms with van der Waals surface area (Å²) >= 11 is 3.50. The molecule has 0 spiro atoms. The smallest absolute Gasteiger partial charge is 0.0870 e. The first-order chi connectivity index (χ1) is 12.8. The summed E-state index contributed by atoms with van der Waals surface area (Å²) < 4.78 is 3.22. The fourth-order valence-electron chi connectivity index (χ4n) is 3.57. The maximum atomic E-state index is 4.40. The molecule has 1 fully saturated rings. The van der Waals surface area contributed by atoms with Gasteiger partial charge in [-0.25, -0.2) is 4.68 Å². The summed E-state index contributed by atoms with van der Waals surface area (Å²) in [5.74, 6) is 0. The standard InChI is InChI=1S/C21H23BrN4/c22-19-8-6-18(7-9-19)15-25-12-10-21(11-13-25)26-16-20(23-24-26)14-17-4-2-1-3-5-17/h1-9,16,21H,10-15H2. The van der Waals surface area contributed by atoms with E-state index in [0.717, 1.165) is 49.1 Å². The molecule has 2 heterocycles. The van der Waals surface area contributed by atoms with E-state index in [1.54, 1.807) is 0 Å². The van der Waals surface area contributed by atoms with Crippen molar-refractivity contribution in [1.29, 1.82) is 0 Å². The largest absolute Gasteiger partial charge is 0.299 e. The first-order valence-corrected chi connectivity index (χ1v) is 9.97. The van der Waals surface area contributed by atoms with Gasteiger partial charge in [0.15, 0.2) is 0 Å². The molecule has 0 unspecified atom stereocenters. The molecule has 0 radical (unpaired) electrons. The van der Waals surface area contributed by atoms with Gasteiger partial charge in [0.1, 0.15) is 0 Å². The van der Waals surface area contributed by atoms with Gasteiger partial charge in [0, 0.05) is 36.7 Å². The van der Waals surface area contributed by atoms with Crippen molar-refractivity contribution >= 4 is 15.9 Å². The minimum absolute atomic E-state index is 0.466. The second-order valence-corrected chi connectivity index (χ2v) is 7.90. The number of hydrogen-bond donors (Lipinski definition) is 0. The van der Waals surface area contributed by atoms with E-state index in [-0.39, 0.29) is 0 Å². The highest BCUT2D eigenvalue weighted by Gasteiger charge is 2.21. The van der Waals surface area contributed by atoms with E-state index < -0.39 is 0 Å². The lowest BCUT2D eigenvalue weighted by atomic mass is 10.0. The van der Waals surface area contributed by atoms with E-state index in [9.17, 15) is 0 Å². The monoisotopic (exact) mass is 410 g/mol. The zero-order chi connectivity index (χ0) is 17.8. The van der Waals surface area contributed by atoms with E-state index in [1.807, 2.05) is 6.07 Å².